The Morgan fingerprint density at radius 2 is 1.94 bits per heavy atom. The minimum atomic E-state index is -0.500. The maximum Gasteiger partial charge on any atom is 0.411 e. The van der Waals surface area contributed by atoms with Gasteiger partial charge in [0.15, 0.2) is 0 Å². The summed E-state index contributed by atoms with van der Waals surface area (Å²) in [5.41, 5.74) is 5.59. The largest absolute Gasteiger partial charge is 0.493 e. The fourth-order valence-electron chi connectivity index (χ4n) is 1.19. The predicted molar refractivity (Wildman–Crippen MR) is 66.4 cm³/mol. The lowest BCUT2D eigenvalue weighted by molar-refractivity contribution is -0.118. The van der Waals surface area contributed by atoms with E-state index >= 15 is 0 Å². The lowest BCUT2D eigenvalue weighted by Crippen LogP contribution is -2.14. The van der Waals surface area contributed by atoms with E-state index < -0.39 is 12.0 Å². The fourth-order valence-corrected chi connectivity index (χ4v) is 1.19. The van der Waals surface area contributed by atoms with Crippen molar-refractivity contribution < 1.29 is 19.1 Å². The molecule has 0 unspecified atom stereocenters. The topological polar surface area (TPSA) is 90.7 Å². The number of hydrogen-bond donors (Lipinski definition) is 2. The number of ether oxygens (including phenoxy) is 2. The van der Waals surface area contributed by atoms with Crippen LogP contribution in [0.3, 0.4) is 0 Å². The van der Waals surface area contributed by atoms with Gasteiger partial charge in [-0.05, 0) is 31.2 Å². The minimum Gasteiger partial charge on any atom is -0.493 e. The second-order valence-electron chi connectivity index (χ2n) is 3.43. The van der Waals surface area contributed by atoms with Gasteiger partial charge in [-0.1, -0.05) is 0 Å². The molecular weight excluding hydrogens is 236 g/mol. The summed E-state index contributed by atoms with van der Waals surface area (Å²) in [6, 6.07) is 6.72. The molecule has 6 heteroatoms. The van der Waals surface area contributed by atoms with Crippen molar-refractivity contribution in [2.75, 3.05) is 18.5 Å². The van der Waals surface area contributed by atoms with Crippen LogP contribution < -0.4 is 15.8 Å². The van der Waals surface area contributed by atoms with Gasteiger partial charge in [-0.2, -0.15) is 0 Å². The van der Waals surface area contributed by atoms with Gasteiger partial charge in [0.2, 0.25) is 5.91 Å². The Morgan fingerprint density at radius 3 is 2.50 bits per heavy atom. The number of benzene rings is 1. The van der Waals surface area contributed by atoms with Crippen molar-refractivity contribution in [3.8, 4) is 5.75 Å². The molecule has 1 aromatic rings. The normalized spacial score (nSPS) is 9.61. The minimum absolute atomic E-state index is 0.169. The maximum atomic E-state index is 11.1. The first-order chi connectivity index (χ1) is 8.61. The number of carbonyl (C=O) groups is 2. The number of carbonyl (C=O) groups excluding carboxylic acids is 2. The van der Waals surface area contributed by atoms with Crippen molar-refractivity contribution in [1.29, 1.82) is 0 Å². The molecule has 18 heavy (non-hydrogen) atoms. The van der Waals surface area contributed by atoms with Crippen LogP contribution in [0.25, 0.3) is 0 Å². The van der Waals surface area contributed by atoms with E-state index in [-0.39, 0.29) is 13.0 Å². The number of nitrogens with one attached hydrogen (secondary N) is 1. The highest BCUT2D eigenvalue weighted by Gasteiger charge is 2.02. The Hall–Kier alpha value is -2.24. The van der Waals surface area contributed by atoms with Crippen LogP contribution in [0.1, 0.15) is 13.3 Å². The van der Waals surface area contributed by atoms with Crippen LogP contribution in [0.5, 0.6) is 5.75 Å². The predicted octanol–water partition coefficient (Wildman–Crippen LogP) is 1.51. The molecule has 3 N–H and O–H groups in total. The number of primary amides is 1. The van der Waals surface area contributed by atoms with Gasteiger partial charge in [0.25, 0.3) is 0 Å². The Bertz CT molecular complexity index is 403. The summed E-state index contributed by atoms with van der Waals surface area (Å²) < 4.78 is 10.0. The SMILES string of the molecule is CCOC(=O)Nc1ccc(OCCC(N)=O)cc1. The third-order valence-corrected chi connectivity index (χ3v) is 1.99. The van der Waals surface area contributed by atoms with E-state index in [2.05, 4.69) is 5.32 Å². The highest BCUT2D eigenvalue weighted by atomic mass is 16.5. The second-order valence-corrected chi connectivity index (χ2v) is 3.43. The molecule has 6 nitrogen and oxygen atoms in total. The highest BCUT2D eigenvalue weighted by Crippen LogP contribution is 2.15. The average Bonchev–Trinajstić information content (AvgIpc) is 2.31. The zero-order valence-corrected chi connectivity index (χ0v) is 10.1. The van der Waals surface area contributed by atoms with Crippen LogP contribution in [0.15, 0.2) is 24.3 Å². The summed E-state index contributed by atoms with van der Waals surface area (Å²) in [5.74, 6) is 0.196. The van der Waals surface area contributed by atoms with E-state index in [9.17, 15) is 9.59 Å². The van der Waals surface area contributed by atoms with Crippen molar-refractivity contribution in [1.82, 2.24) is 0 Å². The molecule has 0 aliphatic rings. The molecule has 0 spiro atoms. The zero-order valence-electron chi connectivity index (χ0n) is 10.1. The quantitative estimate of drug-likeness (QED) is 0.802. The van der Waals surface area contributed by atoms with E-state index in [0.717, 1.165) is 0 Å². The van der Waals surface area contributed by atoms with Crippen LogP contribution in [-0.2, 0) is 9.53 Å². The molecule has 2 amide bonds. The molecule has 0 saturated heterocycles. The summed E-state index contributed by atoms with van der Waals surface area (Å²) in [5, 5.41) is 2.55. The molecule has 0 heterocycles. The van der Waals surface area contributed by atoms with Crippen LogP contribution in [0, 0.1) is 0 Å². The van der Waals surface area contributed by atoms with Gasteiger partial charge in [-0.15, -0.1) is 0 Å². The number of hydrogen-bond acceptors (Lipinski definition) is 4. The Kier molecular flexibility index (Phi) is 5.50. The van der Waals surface area contributed by atoms with E-state index in [0.29, 0.717) is 18.0 Å². The van der Waals surface area contributed by atoms with Gasteiger partial charge in [0.1, 0.15) is 5.75 Å². The Labute approximate surface area is 105 Å². The van der Waals surface area contributed by atoms with Gasteiger partial charge in [0, 0.05) is 5.69 Å². The van der Waals surface area contributed by atoms with Gasteiger partial charge < -0.3 is 15.2 Å². The highest BCUT2D eigenvalue weighted by molar-refractivity contribution is 5.84. The van der Waals surface area contributed by atoms with Crippen LogP contribution in [-0.4, -0.2) is 25.2 Å². The van der Waals surface area contributed by atoms with Crippen LogP contribution >= 0.6 is 0 Å². The summed E-state index contributed by atoms with van der Waals surface area (Å²) in [4.78, 5) is 21.6. The second kappa shape index (κ2) is 7.16. The summed E-state index contributed by atoms with van der Waals surface area (Å²) in [7, 11) is 0. The van der Waals surface area contributed by atoms with E-state index in [1.807, 2.05) is 0 Å². The molecule has 0 bridgehead atoms. The van der Waals surface area contributed by atoms with Crippen molar-refractivity contribution in [3.63, 3.8) is 0 Å². The van der Waals surface area contributed by atoms with E-state index in [1.54, 1.807) is 31.2 Å². The van der Waals surface area contributed by atoms with Crippen molar-refractivity contribution in [2.45, 2.75) is 13.3 Å². The summed E-state index contributed by atoms with van der Waals surface area (Å²) in [6.45, 7) is 2.29. The monoisotopic (exact) mass is 252 g/mol. The first kappa shape index (κ1) is 13.8. The smallest absolute Gasteiger partial charge is 0.411 e. The molecule has 0 radical (unpaired) electrons. The molecule has 0 aliphatic carbocycles. The Balaban J connectivity index is 2.42. The lowest BCUT2D eigenvalue weighted by atomic mass is 10.3. The van der Waals surface area contributed by atoms with Gasteiger partial charge in [0.05, 0.1) is 19.6 Å². The molecule has 0 aliphatic heterocycles. The molecule has 0 aromatic heterocycles. The fraction of sp³-hybridized carbons (Fsp3) is 0.333. The van der Waals surface area contributed by atoms with Crippen molar-refractivity contribution in [3.05, 3.63) is 24.3 Å². The molecule has 1 aromatic carbocycles. The number of anilines is 1. The van der Waals surface area contributed by atoms with Crippen LogP contribution in [0.2, 0.25) is 0 Å². The molecule has 1 rings (SSSR count). The number of nitrogens with two attached hydrogens (primary N) is 1. The molecule has 0 fully saturated rings. The number of rotatable bonds is 6. The lowest BCUT2D eigenvalue weighted by Gasteiger charge is -2.07. The third-order valence-electron chi connectivity index (χ3n) is 1.99. The molecular formula is C12H16N2O4. The van der Waals surface area contributed by atoms with E-state index in [1.165, 1.54) is 0 Å². The van der Waals surface area contributed by atoms with Crippen LogP contribution in [0.4, 0.5) is 10.5 Å². The van der Waals surface area contributed by atoms with Crippen molar-refractivity contribution in [2.24, 2.45) is 5.73 Å². The molecule has 98 valence electrons. The average molecular weight is 252 g/mol. The van der Waals surface area contributed by atoms with Gasteiger partial charge in [-0.25, -0.2) is 4.79 Å². The third kappa shape index (κ3) is 5.20. The Morgan fingerprint density at radius 1 is 1.28 bits per heavy atom. The maximum absolute atomic E-state index is 11.1. The first-order valence-corrected chi connectivity index (χ1v) is 5.56. The number of amides is 2. The van der Waals surface area contributed by atoms with Gasteiger partial charge in [-0.3, -0.25) is 10.1 Å². The molecule has 0 saturated carbocycles. The zero-order chi connectivity index (χ0) is 13.4. The summed E-state index contributed by atoms with van der Waals surface area (Å²) >= 11 is 0. The van der Waals surface area contributed by atoms with Crippen molar-refractivity contribution >= 4 is 17.7 Å². The standard InChI is InChI=1S/C12H16N2O4/c1-2-17-12(16)14-9-3-5-10(6-4-9)18-8-7-11(13)15/h3-6H,2,7-8H2,1H3,(H2,13,15)(H,14,16). The summed E-state index contributed by atoms with van der Waals surface area (Å²) in [6.07, 6.45) is -0.331. The molecule has 0 atom stereocenters. The van der Waals surface area contributed by atoms with E-state index in [4.69, 9.17) is 15.2 Å². The first-order valence-electron chi connectivity index (χ1n) is 5.56. The van der Waals surface area contributed by atoms with Gasteiger partial charge >= 0.3 is 6.09 Å².